The van der Waals surface area contributed by atoms with E-state index < -0.39 is 0 Å². The normalized spacial score (nSPS) is 11.8. The van der Waals surface area contributed by atoms with E-state index in [1.807, 2.05) is 37.3 Å². The Morgan fingerprint density at radius 1 is 1.19 bits per heavy atom. The van der Waals surface area contributed by atoms with Gasteiger partial charge in [0.15, 0.2) is 0 Å². The fourth-order valence-corrected chi connectivity index (χ4v) is 3.11. The lowest BCUT2D eigenvalue weighted by Gasteiger charge is -2.10. The lowest BCUT2D eigenvalue weighted by Crippen LogP contribution is -2.22. The molecule has 0 bridgehead atoms. The average molecular weight is 388 g/mol. The number of nitrogens with zero attached hydrogens (tertiary/aromatic N) is 2. The largest absolute Gasteiger partial charge is 0.378 e. The number of hydrogen-bond donors (Lipinski definition) is 3. The highest BCUT2D eigenvalue weighted by molar-refractivity contribution is 8.00. The summed E-state index contributed by atoms with van der Waals surface area (Å²) in [7, 11) is 0. The quantitative estimate of drug-likeness (QED) is 0.529. The smallest absolute Gasteiger partial charge is 0.237 e. The van der Waals surface area contributed by atoms with Gasteiger partial charge in [0.05, 0.1) is 11.8 Å². The third-order valence-corrected chi connectivity index (χ3v) is 4.68. The molecule has 0 aliphatic carbocycles. The minimum atomic E-state index is -0.347. The molecule has 8 heteroatoms. The van der Waals surface area contributed by atoms with Gasteiger partial charge in [-0.2, -0.15) is 0 Å². The number of carbonyl (C=O) groups is 1. The van der Waals surface area contributed by atoms with Crippen LogP contribution in [0.4, 0.5) is 11.4 Å². The van der Waals surface area contributed by atoms with Crippen LogP contribution in [0.5, 0.6) is 0 Å². The number of hydrogen-bond acceptors (Lipinski definition) is 5. The zero-order valence-corrected chi connectivity index (χ0v) is 15.6. The van der Waals surface area contributed by atoms with Crippen LogP contribution in [0.15, 0.2) is 59.8 Å². The lowest BCUT2D eigenvalue weighted by molar-refractivity contribution is -0.115. The van der Waals surface area contributed by atoms with Crippen molar-refractivity contribution in [1.82, 2.24) is 15.2 Å². The molecule has 0 unspecified atom stereocenters. The van der Waals surface area contributed by atoms with Crippen LogP contribution in [0.25, 0.3) is 0 Å². The summed E-state index contributed by atoms with van der Waals surface area (Å²) in [5, 5.41) is 13.9. The van der Waals surface area contributed by atoms with Gasteiger partial charge in [-0.05, 0) is 37.3 Å². The second-order valence-electron chi connectivity index (χ2n) is 5.54. The number of aromatic amines is 1. The van der Waals surface area contributed by atoms with Gasteiger partial charge in [0.1, 0.15) is 5.82 Å². The van der Waals surface area contributed by atoms with Crippen molar-refractivity contribution in [1.29, 1.82) is 0 Å². The van der Waals surface area contributed by atoms with Crippen molar-refractivity contribution >= 4 is 40.6 Å². The number of aromatic nitrogens is 3. The number of carbonyl (C=O) groups excluding carboxylic acids is 1. The fourth-order valence-electron chi connectivity index (χ4n) is 2.17. The van der Waals surface area contributed by atoms with E-state index in [0.29, 0.717) is 28.2 Å². The SMILES string of the molecule is C[C@@H](Sc1n[nH]c(CNc2ccccc2)n1)C(=O)Nc1cccc(Cl)c1. The predicted octanol–water partition coefficient (Wildman–Crippen LogP) is 4.19. The van der Waals surface area contributed by atoms with Crippen molar-refractivity contribution in [2.75, 3.05) is 10.6 Å². The van der Waals surface area contributed by atoms with Gasteiger partial charge in [0, 0.05) is 16.4 Å². The van der Waals surface area contributed by atoms with Gasteiger partial charge < -0.3 is 10.6 Å². The van der Waals surface area contributed by atoms with E-state index >= 15 is 0 Å². The summed E-state index contributed by atoms with van der Waals surface area (Å²) in [4.78, 5) is 16.7. The van der Waals surface area contributed by atoms with Gasteiger partial charge in [-0.3, -0.25) is 9.89 Å². The van der Waals surface area contributed by atoms with E-state index in [2.05, 4.69) is 25.8 Å². The van der Waals surface area contributed by atoms with Crippen LogP contribution in [-0.4, -0.2) is 26.3 Å². The molecule has 3 rings (SSSR count). The molecular weight excluding hydrogens is 370 g/mol. The number of nitrogens with one attached hydrogen (secondary N) is 3. The molecule has 0 radical (unpaired) electrons. The molecule has 6 nitrogen and oxygen atoms in total. The van der Waals surface area contributed by atoms with Crippen molar-refractivity contribution in [3.8, 4) is 0 Å². The summed E-state index contributed by atoms with van der Waals surface area (Å²) in [5.41, 5.74) is 1.67. The highest BCUT2D eigenvalue weighted by Crippen LogP contribution is 2.22. The molecule has 3 N–H and O–H groups in total. The zero-order valence-electron chi connectivity index (χ0n) is 14.1. The topological polar surface area (TPSA) is 82.7 Å². The molecule has 0 saturated heterocycles. The van der Waals surface area contributed by atoms with Gasteiger partial charge in [0.2, 0.25) is 11.1 Å². The van der Waals surface area contributed by atoms with Crippen molar-refractivity contribution in [3.63, 3.8) is 0 Å². The molecule has 0 fully saturated rings. The highest BCUT2D eigenvalue weighted by Gasteiger charge is 2.17. The Labute approximate surface area is 160 Å². The van der Waals surface area contributed by atoms with E-state index in [1.165, 1.54) is 11.8 Å². The van der Waals surface area contributed by atoms with Crippen LogP contribution in [0, 0.1) is 0 Å². The molecule has 1 heterocycles. The number of H-pyrrole nitrogens is 1. The number of para-hydroxylation sites is 1. The van der Waals surface area contributed by atoms with Crippen LogP contribution in [0.1, 0.15) is 12.7 Å². The summed E-state index contributed by atoms with van der Waals surface area (Å²) in [6, 6.07) is 16.9. The highest BCUT2D eigenvalue weighted by atomic mass is 35.5. The summed E-state index contributed by atoms with van der Waals surface area (Å²) < 4.78 is 0. The van der Waals surface area contributed by atoms with Crippen LogP contribution >= 0.6 is 23.4 Å². The summed E-state index contributed by atoms with van der Waals surface area (Å²) in [6.07, 6.45) is 0. The summed E-state index contributed by atoms with van der Waals surface area (Å²) >= 11 is 7.22. The fraction of sp³-hybridized carbons (Fsp3) is 0.167. The average Bonchev–Trinajstić information content (AvgIpc) is 3.08. The number of halogens is 1. The zero-order chi connectivity index (χ0) is 18.4. The molecule has 0 spiro atoms. The van der Waals surface area contributed by atoms with E-state index in [-0.39, 0.29) is 11.2 Å². The summed E-state index contributed by atoms with van der Waals surface area (Å²) in [5.74, 6) is 0.574. The Bertz CT molecular complexity index is 871. The molecule has 1 atom stereocenters. The molecule has 26 heavy (non-hydrogen) atoms. The van der Waals surface area contributed by atoms with E-state index in [4.69, 9.17) is 11.6 Å². The van der Waals surface area contributed by atoms with Gasteiger partial charge in [-0.1, -0.05) is 47.6 Å². The van der Waals surface area contributed by atoms with E-state index in [9.17, 15) is 4.79 Å². The Morgan fingerprint density at radius 3 is 2.73 bits per heavy atom. The molecule has 2 aromatic carbocycles. The molecular formula is C18H18ClN5OS. The Kier molecular flexibility index (Phi) is 6.14. The van der Waals surface area contributed by atoms with Crippen LogP contribution in [0.3, 0.4) is 0 Å². The molecule has 0 aliphatic rings. The van der Waals surface area contributed by atoms with Crippen LogP contribution in [-0.2, 0) is 11.3 Å². The monoisotopic (exact) mass is 387 g/mol. The number of thioether (sulfide) groups is 1. The predicted molar refractivity (Wildman–Crippen MR) is 106 cm³/mol. The molecule has 1 aromatic heterocycles. The number of rotatable bonds is 7. The standard InChI is InChI=1S/C18H18ClN5OS/c1-12(17(25)21-15-9-5-6-13(19)10-15)26-18-22-16(23-24-18)11-20-14-7-3-2-4-8-14/h2-10,12,20H,11H2,1H3,(H,21,25)(H,22,23,24)/t12-/m1/s1. The first kappa shape index (κ1) is 18.3. The molecule has 1 amide bonds. The van der Waals surface area contributed by atoms with Crippen molar-refractivity contribution in [3.05, 3.63) is 65.4 Å². The number of amides is 1. The maximum atomic E-state index is 12.3. The Balaban J connectivity index is 1.52. The number of benzene rings is 2. The first-order valence-electron chi connectivity index (χ1n) is 8.03. The van der Waals surface area contributed by atoms with Gasteiger partial charge in [-0.25, -0.2) is 4.98 Å². The van der Waals surface area contributed by atoms with Crippen molar-refractivity contribution in [2.45, 2.75) is 23.9 Å². The first-order chi connectivity index (χ1) is 12.6. The van der Waals surface area contributed by atoms with Gasteiger partial charge >= 0.3 is 0 Å². The van der Waals surface area contributed by atoms with Crippen molar-refractivity contribution in [2.24, 2.45) is 0 Å². The van der Waals surface area contributed by atoms with E-state index in [1.54, 1.807) is 24.3 Å². The van der Waals surface area contributed by atoms with E-state index in [0.717, 1.165) is 5.69 Å². The van der Waals surface area contributed by atoms with Crippen LogP contribution in [0.2, 0.25) is 5.02 Å². The summed E-state index contributed by atoms with van der Waals surface area (Å²) in [6.45, 7) is 2.34. The molecule has 0 aliphatic heterocycles. The second kappa shape index (κ2) is 8.73. The third-order valence-electron chi connectivity index (χ3n) is 3.49. The molecule has 0 saturated carbocycles. The van der Waals surface area contributed by atoms with Gasteiger partial charge in [-0.15, -0.1) is 5.10 Å². The molecule has 3 aromatic rings. The van der Waals surface area contributed by atoms with Crippen LogP contribution < -0.4 is 10.6 Å². The number of anilines is 2. The maximum absolute atomic E-state index is 12.3. The third kappa shape index (κ3) is 5.24. The Morgan fingerprint density at radius 2 is 1.96 bits per heavy atom. The lowest BCUT2D eigenvalue weighted by atomic mass is 10.3. The minimum absolute atomic E-state index is 0.133. The Hall–Kier alpha value is -2.51. The minimum Gasteiger partial charge on any atom is -0.378 e. The second-order valence-corrected chi connectivity index (χ2v) is 7.29. The van der Waals surface area contributed by atoms with Crippen molar-refractivity contribution < 1.29 is 4.79 Å². The molecule has 134 valence electrons. The maximum Gasteiger partial charge on any atom is 0.237 e. The first-order valence-corrected chi connectivity index (χ1v) is 9.29. The van der Waals surface area contributed by atoms with Gasteiger partial charge in [0.25, 0.3) is 0 Å².